The fourth-order valence-electron chi connectivity index (χ4n) is 2.76. The van der Waals surface area contributed by atoms with Crippen LogP contribution in [0.25, 0.3) is 0 Å². The maximum atomic E-state index is 12.6. The number of hydrazine groups is 1. The van der Waals surface area contributed by atoms with E-state index in [-0.39, 0.29) is 11.3 Å². The molecule has 0 spiro atoms. The molecule has 104 valence electrons. The van der Waals surface area contributed by atoms with Gasteiger partial charge in [0.15, 0.2) is 0 Å². The van der Waals surface area contributed by atoms with E-state index < -0.39 is 0 Å². The number of nitrogens with two attached hydrogens (primary N) is 1. The predicted molar refractivity (Wildman–Crippen MR) is 77.9 cm³/mol. The Balaban J connectivity index is 2.20. The molecule has 1 aliphatic heterocycles. The molecule has 3 N–H and O–H groups in total. The van der Waals surface area contributed by atoms with Crippen LogP contribution in [-0.4, -0.2) is 23.9 Å². The van der Waals surface area contributed by atoms with Gasteiger partial charge in [0.2, 0.25) is 0 Å². The summed E-state index contributed by atoms with van der Waals surface area (Å²) in [6.07, 6.45) is 2.27. The zero-order valence-electron chi connectivity index (χ0n) is 12.0. The first-order valence-electron chi connectivity index (χ1n) is 6.79. The van der Waals surface area contributed by atoms with Gasteiger partial charge in [-0.15, -0.1) is 0 Å². The summed E-state index contributed by atoms with van der Waals surface area (Å²) in [5, 5.41) is 0. The summed E-state index contributed by atoms with van der Waals surface area (Å²) in [5.74, 6) is 5.51. The van der Waals surface area contributed by atoms with Gasteiger partial charge in [0.25, 0.3) is 5.91 Å². The first-order chi connectivity index (χ1) is 8.93. The minimum Gasteiger partial charge on any atom is -0.338 e. The van der Waals surface area contributed by atoms with Gasteiger partial charge in [-0.2, -0.15) is 0 Å². The lowest BCUT2D eigenvalue weighted by Gasteiger charge is -2.38. The number of carbonyl (C=O) groups excluding carboxylic acids is 1. The first kappa shape index (κ1) is 13.9. The molecule has 0 radical (unpaired) electrons. The van der Waals surface area contributed by atoms with Crippen LogP contribution in [-0.2, 0) is 0 Å². The van der Waals surface area contributed by atoms with Crippen molar-refractivity contribution in [3.05, 3.63) is 29.3 Å². The number of nitrogen functional groups attached to an aromatic ring is 1. The highest BCUT2D eigenvalue weighted by atomic mass is 16.2. The molecule has 1 saturated heterocycles. The molecule has 0 saturated carbocycles. The van der Waals surface area contributed by atoms with Gasteiger partial charge in [-0.25, -0.2) is 0 Å². The van der Waals surface area contributed by atoms with Crippen LogP contribution >= 0.6 is 0 Å². The standard InChI is InChI=1S/C15H23N3O/c1-11-9-12(17-16)5-6-13(11)14(19)18-8-4-7-15(2,3)10-18/h5-6,9,17H,4,7-8,10,16H2,1-3H3. The van der Waals surface area contributed by atoms with E-state index in [0.29, 0.717) is 0 Å². The predicted octanol–water partition coefficient (Wildman–Crippen LogP) is 2.54. The lowest BCUT2D eigenvalue weighted by Crippen LogP contribution is -2.43. The van der Waals surface area contributed by atoms with Crippen LogP contribution in [0.15, 0.2) is 18.2 Å². The molecule has 0 atom stereocenters. The van der Waals surface area contributed by atoms with Crippen LogP contribution < -0.4 is 11.3 Å². The van der Waals surface area contributed by atoms with Crippen molar-refractivity contribution in [1.29, 1.82) is 0 Å². The number of likely N-dealkylation sites (tertiary alicyclic amines) is 1. The van der Waals surface area contributed by atoms with Crippen molar-refractivity contribution < 1.29 is 4.79 Å². The number of nitrogens with one attached hydrogen (secondary N) is 1. The summed E-state index contributed by atoms with van der Waals surface area (Å²) in [6.45, 7) is 8.09. The molecular formula is C15H23N3O. The number of nitrogens with zero attached hydrogens (tertiary/aromatic N) is 1. The zero-order chi connectivity index (χ0) is 14.0. The fourth-order valence-corrected chi connectivity index (χ4v) is 2.76. The van der Waals surface area contributed by atoms with Crippen molar-refractivity contribution in [1.82, 2.24) is 4.90 Å². The highest BCUT2D eigenvalue weighted by molar-refractivity contribution is 5.96. The van der Waals surface area contributed by atoms with E-state index in [1.807, 2.05) is 30.0 Å². The maximum absolute atomic E-state index is 12.6. The Morgan fingerprint density at radius 2 is 2.16 bits per heavy atom. The van der Waals surface area contributed by atoms with Gasteiger partial charge in [0.1, 0.15) is 0 Å². The molecule has 0 unspecified atom stereocenters. The third-order valence-electron chi connectivity index (χ3n) is 3.81. The summed E-state index contributed by atoms with van der Waals surface area (Å²) in [5.41, 5.74) is 5.39. The normalized spacial score (nSPS) is 18.2. The molecule has 1 aliphatic rings. The number of carbonyl (C=O) groups is 1. The average Bonchev–Trinajstić information content (AvgIpc) is 2.36. The molecule has 1 aromatic carbocycles. The molecule has 0 aromatic heterocycles. The summed E-state index contributed by atoms with van der Waals surface area (Å²) in [6, 6.07) is 5.60. The molecule has 2 rings (SSSR count). The molecule has 1 heterocycles. The summed E-state index contributed by atoms with van der Waals surface area (Å²) in [4.78, 5) is 14.6. The van der Waals surface area contributed by atoms with Gasteiger partial charge >= 0.3 is 0 Å². The SMILES string of the molecule is Cc1cc(NN)ccc1C(=O)N1CCCC(C)(C)C1. The largest absolute Gasteiger partial charge is 0.338 e. The lowest BCUT2D eigenvalue weighted by molar-refractivity contribution is 0.0582. The molecule has 1 amide bonds. The Morgan fingerprint density at radius 1 is 1.42 bits per heavy atom. The van der Waals surface area contributed by atoms with Gasteiger partial charge in [-0.3, -0.25) is 10.6 Å². The Labute approximate surface area is 114 Å². The monoisotopic (exact) mass is 261 g/mol. The fraction of sp³-hybridized carbons (Fsp3) is 0.533. The van der Waals surface area contributed by atoms with Gasteiger partial charge in [-0.05, 0) is 48.9 Å². The van der Waals surface area contributed by atoms with Crippen molar-refractivity contribution >= 4 is 11.6 Å². The van der Waals surface area contributed by atoms with E-state index in [1.54, 1.807) is 0 Å². The van der Waals surface area contributed by atoms with Crippen molar-refractivity contribution in [3.8, 4) is 0 Å². The van der Waals surface area contributed by atoms with E-state index in [0.717, 1.165) is 36.3 Å². The van der Waals surface area contributed by atoms with Crippen LogP contribution in [0.4, 0.5) is 5.69 Å². The molecule has 1 aromatic rings. The van der Waals surface area contributed by atoms with Gasteiger partial charge in [0.05, 0.1) is 0 Å². The average molecular weight is 261 g/mol. The van der Waals surface area contributed by atoms with E-state index in [4.69, 9.17) is 5.84 Å². The van der Waals surface area contributed by atoms with Gasteiger partial charge < -0.3 is 10.3 Å². The minimum absolute atomic E-state index is 0.133. The van der Waals surface area contributed by atoms with Crippen LogP contribution in [0.2, 0.25) is 0 Å². The first-order valence-corrected chi connectivity index (χ1v) is 6.79. The molecule has 4 nitrogen and oxygen atoms in total. The summed E-state index contributed by atoms with van der Waals surface area (Å²) in [7, 11) is 0. The third-order valence-corrected chi connectivity index (χ3v) is 3.81. The quantitative estimate of drug-likeness (QED) is 0.635. The van der Waals surface area contributed by atoms with Crippen molar-refractivity contribution in [2.24, 2.45) is 11.3 Å². The van der Waals surface area contributed by atoms with Gasteiger partial charge in [0, 0.05) is 24.3 Å². The molecule has 19 heavy (non-hydrogen) atoms. The Hall–Kier alpha value is -1.55. The van der Waals surface area contributed by atoms with Crippen molar-refractivity contribution in [2.45, 2.75) is 33.6 Å². The number of piperidine rings is 1. The smallest absolute Gasteiger partial charge is 0.254 e. The lowest BCUT2D eigenvalue weighted by atomic mass is 9.84. The Morgan fingerprint density at radius 3 is 2.74 bits per heavy atom. The topological polar surface area (TPSA) is 58.4 Å². The van der Waals surface area contributed by atoms with Crippen molar-refractivity contribution in [2.75, 3.05) is 18.5 Å². The van der Waals surface area contributed by atoms with E-state index >= 15 is 0 Å². The summed E-state index contributed by atoms with van der Waals surface area (Å²) >= 11 is 0. The number of aryl methyl sites for hydroxylation is 1. The molecule has 0 aliphatic carbocycles. The third kappa shape index (κ3) is 3.07. The van der Waals surface area contributed by atoms with E-state index in [2.05, 4.69) is 19.3 Å². The van der Waals surface area contributed by atoms with Crippen LogP contribution in [0.1, 0.15) is 42.6 Å². The van der Waals surface area contributed by atoms with Crippen molar-refractivity contribution in [3.63, 3.8) is 0 Å². The summed E-state index contributed by atoms with van der Waals surface area (Å²) < 4.78 is 0. The van der Waals surface area contributed by atoms with E-state index in [9.17, 15) is 4.79 Å². The molecule has 0 bridgehead atoms. The van der Waals surface area contributed by atoms with Crippen LogP contribution in [0, 0.1) is 12.3 Å². The highest BCUT2D eigenvalue weighted by Gasteiger charge is 2.29. The number of amides is 1. The van der Waals surface area contributed by atoms with Crippen LogP contribution in [0.5, 0.6) is 0 Å². The number of hydrogen-bond donors (Lipinski definition) is 2. The zero-order valence-corrected chi connectivity index (χ0v) is 12.0. The Bertz CT molecular complexity index is 482. The molecule has 1 fully saturated rings. The minimum atomic E-state index is 0.133. The second kappa shape index (κ2) is 5.21. The van der Waals surface area contributed by atoms with Gasteiger partial charge in [-0.1, -0.05) is 13.8 Å². The highest BCUT2D eigenvalue weighted by Crippen LogP contribution is 2.29. The number of hydrogen-bond acceptors (Lipinski definition) is 3. The number of anilines is 1. The van der Waals surface area contributed by atoms with Crippen LogP contribution in [0.3, 0.4) is 0 Å². The number of benzene rings is 1. The van der Waals surface area contributed by atoms with E-state index in [1.165, 1.54) is 6.42 Å². The molecule has 4 heteroatoms. The number of rotatable bonds is 2. The second-order valence-corrected chi connectivity index (χ2v) is 6.17. The second-order valence-electron chi connectivity index (χ2n) is 6.17. The maximum Gasteiger partial charge on any atom is 0.254 e. The molecular weight excluding hydrogens is 238 g/mol. The Kier molecular flexibility index (Phi) is 3.80.